The molecule has 11 heteroatoms. The number of pyridine rings is 1. The van der Waals surface area contributed by atoms with Gasteiger partial charge in [-0.05, 0) is 19.4 Å². The molecule has 0 bridgehead atoms. The Kier molecular flexibility index (Phi) is 6.94. The minimum absolute atomic E-state index is 0.0267. The van der Waals surface area contributed by atoms with Crippen LogP contribution in [0.4, 0.5) is 13.2 Å². The van der Waals surface area contributed by atoms with Crippen LogP contribution in [0.25, 0.3) is 0 Å². The number of carboxylic acid groups (broad SMARTS) is 1. The van der Waals surface area contributed by atoms with Crippen molar-refractivity contribution in [2.45, 2.75) is 31.7 Å². The van der Waals surface area contributed by atoms with Gasteiger partial charge < -0.3 is 14.6 Å². The summed E-state index contributed by atoms with van der Waals surface area (Å²) in [4.78, 5) is 20.1. The molecule has 2 aromatic heterocycles. The number of likely N-dealkylation sites (tertiary alicyclic amines) is 1. The van der Waals surface area contributed by atoms with E-state index < -0.39 is 12.1 Å². The lowest BCUT2D eigenvalue weighted by Crippen LogP contribution is -2.64. The van der Waals surface area contributed by atoms with E-state index in [9.17, 15) is 13.2 Å². The van der Waals surface area contributed by atoms with Crippen molar-refractivity contribution in [3.8, 4) is 5.88 Å². The predicted molar refractivity (Wildman–Crippen MR) is 102 cm³/mol. The third-order valence-electron chi connectivity index (χ3n) is 4.92. The van der Waals surface area contributed by atoms with Crippen molar-refractivity contribution < 1.29 is 32.5 Å². The van der Waals surface area contributed by atoms with Crippen molar-refractivity contribution in [1.82, 2.24) is 14.9 Å². The Morgan fingerprint density at radius 1 is 1.43 bits per heavy atom. The first-order valence-corrected chi connectivity index (χ1v) is 10.2. The largest absolute Gasteiger partial charge is 0.490 e. The number of carboxylic acids is 1. The molecule has 0 aliphatic carbocycles. The highest BCUT2D eigenvalue weighted by Crippen LogP contribution is 2.40. The Morgan fingerprint density at radius 3 is 2.73 bits per heavy atom. The Balaban J connectivity index is 0.000000318. The van der Waals surface area contributed by atoms with E-state index in [0.29, 0.717) is 18.4 Å². The first-order valence-electron chi connectivity index (χ1n) is 9.29. The summed E-state index contributed by atoms with van der Waals surface area (Å²) in [6.07, 6.45) is -2.26. The summed E-state index contributed by atoms with van der Waals surface area (Å²) in [5, 5.41) is 10.4. The first-order chi connectivity index (χ1) is 14.2. The number of thiazole rings is 1. The molecule has 1 unspecified atom stereocenters. The van der Waals surface area contributed by atoms with Gasteiger partial charge >= 0.3 is 12.1 Å². The fourth-order valence-electron chi connectivity index (χ4n) is 3.48. The lowest BCUT2D eigenvalue weighted by atomic mass is 9.81. The lowest BCUT2D eigenvalue weighted by molar-refractivity contribution is -0.192. The van der Waals surface area contributed by atoms with Crippen LogP contribution in [0.2, 0.25) is 0 Å². The number of ether oxygens (including phenoxy) is 2. The summed E-state index contributed by atoms with van der Waals surface area (Å²) < 4.78 is 43.7. The third kappa shape index (κ3) is 5.67. The normalized spacial score (nSPS) is 20.3. The summed E-state index contributed by atoms with van der Waals surface area (Å²) >= 11 is 1.74. The summed E-state index contributed by atoms with van der Waals surface area (Å²) in [5.41, 5.74) is 1.08. The zero-order valence-corrected chi connectivity index (χ0v) is 17.1. The minimum atomic E-state index is -5.08. The van der Waals surface area contributed by atoms with E-state index in [4.69, 9.17) is 19.4 Å². The van der Waals surface area contributed by atoms with Crippen molar-refractivity contribution in [2.75, 3.05) is 26.3 Å². The van der Waals surface area contributed by atoms with Gasteiger partial charge in [0.15, 0.2) is 0 Å². The van der Waals surface area contributed by atoms with Crippen LogP contribution in [-0.2, 0) is 16.1 Å². The van der Waals surface area contributed by atoms with Crippen molar-refractivity contribution in [3.05, 3.63) is 40.5 Å². The van der Waals surface area contributed by atoms with E-state index >= 15 is 0 Å². The SMILES string of the molecule is Cc1csc(CN2CC3(C2)OCCC3COc2ccccn2)n1.O=C(O)C(F)(F)F. The molecule has 0 amide bonds. The maximum atomic E-state index is 10.6. The standard InChI is InChI=1S/C17H21N3O2S.C2HF3O2/c1-13-10-23-16(19-13)8-20-11-17(12-20)14(5-7-22-17)9-21-15-4-2-3-6-18-15;3-2(4,5)1(6)7/h2-4,6,10,14H,5,7-9,11-12H2,1H3;(H,6,7). The smallest absolute Gasteiger partial charge is 0.477 e. The topological polar surface area (TPSA) is 84.8 Å². The highest BCUT2D eigenvalue weighted by atomic mass is 32.1. The van der Waals surface area contributed by atoms with E-state index in [1.54, 1.807) is 17.5 Å². The van der Waals surface area contributed by atoms with Crippen molar-refractivity contribution in [3.63, 3.8) is 0 Å². The number of hydrogen-bond donors (Lipinski definition) is 1. The molecule has 2 saturated heterocycles. The summed E-state index contributed by atoms with van der Waals surface area (Å²) in [5.74, 6) is -1.62. The molecule has 2 aliphatic heterocycles. The molecule has 0 saturated carbocycles. The number of aromatic nitrogens is 2. The number of halogens is 3. The molecule has 2 aromatic rings. The molecule has 0 aromatic carbocycles. The van der Waals surface area contributed by atoms with E-state index in [1.807, 2.05) is 25.1 Å². The highest BCUT2D eigenvalue weighted by Gasteiger charge is 2.53. The molecule has 2 fully saturated rings. The van der Waals surface area contributed by atoms with Gasteiger partial charge in [-0.25, -0.2) is 14.8 Å². The van der Waals surface area contributed by atoms with Gasteiger partial charge in [0.05, 0.1) is 18.8 Å². The van der Waals surface area contributed by atoms with E-state index in [0.717, 1.165) is 38.4 Å². The first kappa shape index (κ1) is 22.4. The van der Waals surface area contributed by atoms with Crippen molar-refractivity contribution in [2.24, 2.45) is 5.92 Å². The molecule has 7 nitrogen and oxygen atoms in total. The molecule has 4 rings (SSSR count). The number of rotatable bonds is 5. The number of alkyl halides is 3. The van der Waals surface area contributed by atoms with Crippen LogP contribution in [0.15, 0.2) is 29.8 Å². The average Bonchev–Trinajstić information content (AvgIpc) is 3.27. The zero-order valence-electron chi connectivity index (χ0n) is 16.3. The van der Waals surface area contributed by atoms with E-state index in [2.05, 4.69) is 20.2 Å². The number of hydrogen-bond acceptors (Lipinski definition) is 7. The van der Waals surface area contributed by atoms with Crippen LogP contribution in [0, 0.1) is 12.8 Å². The molecule has 2 aliphatic rings. The summed E-state index contributed by atoms with van der Waals surface area (Å²) in [6, 6.07) is 5.75. The van der Waals surface area contributed by atoms with Gasteiger partial charge in [-0.3, -0.25) is 4.90 Å². The van der Waals surface area contributed by atoms with E-state index in [1.165, 1.54) is 5.01 Å². The second-order valence-electron chi connectivity index (χ2n) is 7.21. The molecule has 0 radical (unpaired) electrons. The minimum Gasteiger partial charge on any atom is -0.477 e. The fourth-order valence-corrected chi connectivity index (χ4v) is 4.29. The van der Waals surface area contributed by atoms with Crippen LogP contribution >= 0.6 is 11.3 Å². The number of aliphatic carboxylic acids is 1. The molecule has 164 valence electrons. The van der Waals surface area contributed by atoms with Crippen LogP contribution < -0.4 is 4.74 Å². The summed E-state index contributed by atoms with van der Waals surface area (Å²) in [6.45, 7) is 6.44. The lowest BCUT2D eigenvalue weighted by Gasteiger charge is -2.49. The number of carbonyl (C=O) groups is 1. The third-order valence-corrected chi connectivity index (χ3v) is 5.87. The quantitative estimate of drug-likeness (QED) is 0.757. The highest BCUT2D eigenvalue weighted by molar-refractivity contribution is 7.09. The van der Waals surface area contributed by atoms with Gasteiger partial charge in [0.1, 0.15) is 5.01 Å². The Labute approximate surface area is 175 Å². The summed E-state index contributed by atoms with van der Waals surface area (Å²) in [7, 11) is 0. The Bertz CT molecular complexity index is 841. The Hall–Kier alpha value is -2.24. The van der Waals surface area contributed by atoms with Crippen LogP contribution in [0.5, 0.6) is 5.88 Å². The van der Waals surface area contributed by atoms with Crippen LogP contribution in [0.3, 0.4) is 0 Å². The molecule has 1 spiro atoms. The number of nitrogens with zero attached hydrogens (tertiary/aromatic N) is 3. The zero-order chi connectivity index (χ0) is 21.8. The predicted octanol–water partition coefficient (Wildman–Crippen LogP) is 3.15. The van der Waals surface area contributed by atoms with Gasteiger partial charge in [-0.15, -0.1) is 11.3 Å². The van der Waals surface area contributed by atoms with E-state index in [-0.39, 0.29) is 5.60 Å². The molecule has 4 heterocycles. The van der Waals surface area contributed by atoms with Crippen LogP contribution in [-0.4, -0.2) is 64.0 Å². The van der Waals surface area contributed by atoms with Crippen molar-refractivity contribution >= 4 is 17.3 Å². The molecule has 30 heavy (non-hydrogen) atoms. The second-order valence-corrected chi connectivity index (χ2v) is 8.15. The Morgan fingerprint density at radius 2 is 2.17 bits per heavy atom. The molecular weight excluding hydrogens is 423 g/mol. The number of aryl methyl sites for hydroxylation is 1. The van der Waals surface area contributed by atoms with Crippen LogP contribution in [0.1, 0.15) is 17.1 Å². The van der Waals surface area contributed by atoms with Gasteiger partial charge in [-0.2, -0.15) is 13.2 Å². The van der Waals surface area contributed by atoms with Gasteiger partial charge in [-0.1, -0.05) is 6.07 Å². The fraction of sp³-hybridized carbons (Fsp3) is 0.526. The maximum Gasteiger partial charge on any atom is 0.490 e. The maximum absolute atomic E-state index is 10.6. The van der Waals surface area contributed by atoms with Gasteiger partial charge in [0.2, 0.25) is 5.88 Å². The van der Waals surface area contributed by atoms with Crippen molar-refractivity contribution in [1.29, 1.82) is 0 Å². The second kappa shape index (κ2) is 9.27. The van der Waals surface area contributed by atoms with Gasteiger partial charge in [0.25, 0.3) is 0 Å². The van der Waals surface area contributed by atoms with Gasteiger partial charge in [0, 0.05) is 49.0 Å². The monoisotopic (exact) mass is 445 g/mol. The molecule has 1 N–H and O–H groups in total. The molecular formula is C19H22F3N3O4S. The molecule has 1 atom stereocenters. The average molecular weight is 445 g/mol.